The minimum absolute atomic E-state index is 0.713. The standard InChI is InChI=1S/C14H18N6/c1-4-20-11(5-10(2)18-20)7-15-14-6-13-12(8-16-14)17-9-19(13)3/h5-6,8-9H,4,7H2,1-3H3,(H,15,16). The summed E-state index contributed by atoms with van der Waals surface area (Å²) in [5.74, 6) is 0.850. The van der Waals surface area contributed by atoms with Crippen molar-refractivity contribution in [1.29, 1.82) is 0 Å². The van der Waals surface area contributed by atoms with Gasteiger partial charge in [-0.15, -0.1) is 0 Å². The SMILES string of the molecule is CCn1nc(C)cc1CNc1cc2c(cn1)ncn2C. The Bertz CT molecular complexity index is 739. The van der Waals surface area contributed by atoms with Gasteiger partial charge < -0.3 is 9.88 Å². The minimum Gasteiger partial charge on any atom is -0.364 e. The molecule has 0 unspecified atom stereocenters. The molecule has 104 valence electrons. The first-order valence-corrected chi connectivity index (χ1v) is 6.71. The zero-order valence-electron chi connectivity index (χ0n) is 12.0. The van der Waals surface area contributed by atoms with Gasteiger partial charge in [0.05, 0.1) is 36.0 Å². The van der Waals surface area contributed by atoms with Crippen molar-refractivity contribution in [2.45, 2.75) is 26.9 Å². The van der Waals surface area contributed by atoms with Crippen LogP contribution in [0.4, 0.5) is 5.82 Å². The lowest BCUT2D eigenvalue weighted by Crippen LogP contribution is -2.08. The third-order valence-corrected chi connectivity index (χ3v) is 3.35. The molecule has 0 bridgehead atoms. The number of aromatic nitrogens is 5. The van der Waals surface area contributed by atoms with E-state index < -0.39 is 0 Å². The Morgan fingerprint density at radius 3 is 2.90 bits per heavy atom. The van der Waals surface area contributed by atoms with E-state index in [0.29, 0.717) is 6.54 Å². The average Bonchev–Trinajstić information content (AvgIpc) is 3.00. The van der Waals surface area contributed by atoms with E-state index in [9.17, 15) is 0 Å². The highest BCUT2D eigenvalue weighted by Gasteiger charge is 2.06. The summed E-state index contributed by atoms with van der Waals surface area (Å²) < 4.78 is 3.99. The Hall–Kier alpha value is -2.37. The summed E-state index contributed by atoms with van der Waals surface area (Å²) in [7, 11) is 1.98. The predicted molar refractivity (Wildman–Crippen MR) is 78.5 cm³/mol. The molecule has 3 rings (SSSR count). The van der Waals surface area contributed by atoms with Crippen LogP contribution in [-0.2, 0) is 20.1 Å². The quantitative estimate of drug-likeness (QED) is 0.788. The van der Waals surface area contributed by atoms with Gasteiger partial charge in [-0.25, -0.2) is 9.97 Å². The zero-order valence-corrected chi connectivity index (χ0v) is 12.0. The molecule has 0 amide bonds. The second kappa shape index (κ2) is 4.96. The van der Waals surface area contributed by atoms with Crippen molar-refractivity contribution in [1.82, 2.24) is 24.3 Å². The molecule has 3 aromatic rings. The van der Waals surface area contributed by atoms with Crippen molar-refractivity contribution in [3.8, 4) is 0 Å². The normalized spacial score (nSPS) is 11.2. The molecule has 0 aliphatic carbocycles. The Morgan fingerprint density at radius 1 is 1.25 bits per heavy atom. The topological polar surface area (TPSA) is 60.6 Å². The smallest absolute Gasteiger partial charge is 0.128 e. The molecule has 0 atom stereocenters. The van der Waals surface area contributed by atoms with Gasteiger partial charge in [-0.1, -0.05) is 0 Å². The zero-order chi connectivity index (χ0) is 14.1. The number of anilines is 1. The van der Waals surface area contributed by atoms with E-state index >= 15 is 0 Å². The molecule has 1 N–H and O–H groups in total. The molecule has 0 saturated carbocycles. The lowest BCUT2D eigenvalue weighted by Gasteiger charge is -2.07. The number of pyridine rings is 1. The average molecular weight is 270 g/mol. The molecule has 3 heterocycles. The van der Waals surface area contributed by atoms with Gasteiger partial charge in [0.1, 0.15) is 11.3 Å². The van der Waals surface area contributed by atoms with Crippen LogP contribution in [-0.4, -0.2) is 24.3 Å². The molecule has 6 heteroatoms. The fourth-order valence-corrected chi connectivity index (χ4v) is 2.32. The first-order chi connectivity index (χ1) is 9.67. The van der Waals surface area contributed by atoms with Gasteiger partial charge in [-0.3, -0.25) is 4.68 Å². The molecule has 0 radical (unpaired) electrons. The van der Waals surface area contributed by atoms with Crippen molar-refractivity contribution in [3.05, 3.63) is 36.0 Å². The minimum atomic E-state index is 0.713. The van der Waals surface area contributed by atoms with E-state index in [4.69, 9.17) is 0 Å². The monoisotopic (exact) mass is 270 g/mol. The van der Waals surface area contributed by atoms with Crippen molar-refractivity contribution in [2.24, 2.45) is 7.05 Å². The van der Waals surface area contributed by atoms with Gasteiger partial charge >= 0.3 is 0 Å². The van der Waals surface area contributed by atoms with E-state index in [0.717, 1.165) is 34.8 Å². The molecule has 0 fully saturated rings. The summed E-state index contributed by atoms with van der Waals surface area (Å²) in [4.78, 5) is 8.65. The number of hydrogen-bond acceptors (Lipinski definition) is 4. The highest BCUT2D eigenvalue weighted by atomic mass is 15.3. The van der Waals surface area contributed by atoms with Crippen LogP contribution in [0.5, 0.6) is 0 Å². The van der Waals surface area contributed by atoms with Crippen LogP contribution in [0.1, 0.15) is 18.3 Å². The van der Waals surface area contributed by atoms with Gasteiger partial charge in [-0.2, -0.15) is 5.10 Å². The van der Waals surface area contributed by atoms with Crippen LogP contribution in [0.15, 0.2) is 24.7 Å². The van der Waals surface area contributed by atoms with Crippen LogP contribution < -0.4 is 5.32 Å². The highest BCUT2D eigenvalue weighted by molar-refractivity contribution is 5.77. The van der Waals surface area contributed by atoms with E-state index in [-0.39, 0.29) is 0 Å². The predicted octanol–water partition coefficient (Wildman–Crippen LogP) is 2.11. The van der Waals surface area contributed by atoms with Crippen molar-refractivity contribution >= 4 is 16.9 Å². The molecular formula is C14H18N6. The van der Waals surface area contributed by atoms with Gasteiger partial charge in [0, 0.05) is 19.7 Å². The molecule has 3 aromatic heterocycles. The Morgan fingerprint density at radius 2 is 2.10 bits per heavy atom. The summed E-state index contributed by atoms with van der Waals surface area (Å²) in [5, 5.41) is 7.78. The van der Waals surface area contributed by atoms with Crippen LogP contribution in [0.25, 0.3) is 11.0 Å². The molecular weight excluding hydrogens is 252 g/mol. The van der Waals surface area contributed by atoms with E-state index in [1.807, 2.05) is 29.3 Å². The summed E-state index contributed by atoms with van der Waals surface area (Å²) in [6, 6.07) is 4.11. The lowest BCUT2D eigenvalue weighted by molar-refractivity contribution is 0.622. The van der Waals surface area contributed by atoms with Crippen molar-refractivity contribution < 1.29 is 0 Å². The van der Waals surface area contributed by atoms with Crippen molar-refractivity contribution in [2.75, 3.05) is 5.32 Å². The largest absolute Gasteiger partial charge is 0.364 e. The number of rotatable bonds is 4. The third kappa shape index (κ3) is 2.24. The van der Waals surface area contributed by atoms with Gasteiger partial charge in [0.15, 0.2) is 0 Å². The second-order valence-electron chi connectivity index (χ2n) is 4.86. The number of hydrogen-bond donors (Lipinski definition) is 1. The summed E-state index contributed by atoms with van der Waals surface area (Å²) in [5.41, 5.74) is 4.19. The van der Waals surface area contributed by atoms with Gasteiger partial charge in [0.2, 0.25) is 0 Å². The Balaban J connectivity index is 1.80. The van der Waals surface area contributed by atoms with E-state index in [1.54, 1.807) is 12.5 Å². The first kappa shape index (κ1) is 12.7. The van der Waals surface area contributed by atoms with Gasteiger partial charge in [-0.05, 0) is 19.9 Å². The molecule has 0 saturated heterocycles. The Labute approximate surface area is 117 Å². The second-order valence-corrected chi connectivity index (χ2v) is 4.86. The Kier molecular flexibility index (Phi) is 3.14. The maximum Gasteiger partial charge on any atom is 0.128 e. The van der Waals surface area contributed by atoms with Crippen LogP contribution >= 0.6 is 0 Å². The molecule has 0 aromatic carbocycles. The number of nitrogens with zero attached hydrogens (tertiary/aromatic N) is 5. The molecule has 6 nitrogen and oxygen atoms in total. The molecule has 0 spiro atoms. The number of fused-ring (bicyclic) bond motifs is 1. The van der Waals surface area contributed by atoms with Gasteiger partial charge in [0.25, 0.3) is 0 Å². The maximum absolute atomic E-state index is 4.44. The van der Waals surface area contributed by atoms with Crippen LogP contribution in [0.3, 0.4) is 0 Å². The lowest BCUT2D eigenvalue weighted by atomic mass is 10.3. The summed E-state index contributed by atoms with van der Waals surface area (Å²) in [6.07, 6.45) is 3.59. The van der Waals surface area contributed by atoms with Crippen molar-refractivity contribution in [3.63, 3.8) is 0 Å². The van der Waals surface area contributed by atoms with E-state index in [1.165, 1.54) is 0 Å². The summed E-state index contributed by atoms with van der Waals surface area (Å²) in [6.45, 7) is 5.69. The summed E-state index contributed by atoms with van der Waals surface area (Å²) >= 11 is 0. The molecule has 0 aliphatic rings. The van der Waals surface area contributed by atoms with Crippen LogP contribution in [0.2, 0.25) is 0 Å². The number of aryl methyl sites for hydroxylation is 3. The fourth-order valence-electron chi connectivity index (χ4n) is 2.32. The molecule has 0 aliphatic heterocycles. The molecule has 20 heavy (non-hydrogen) atoms. The fraction of sp³-hybridized carbons (Fsp3) is 0.357. The maximum atomic E-state index is 4.44. The first-order valence-electron chi connectivity index (χ1n) is 6.71. The highest BCUT2D eigenvalue weighted by Crippen LogP contribution is 2.15. The third-order valence-electron chi connectivity index (χ3n) is 3.35. The van der Waals surface area contributed by atoms with E-state index in [2.05, 4.69) is 33.4 Å². The van der Waals surface area contributed by atoms with Crippen LogP contribution in [0, 0.1) is 6.92 Å². The number of imidazole rings is 1. The number of nitrogens with one attached hydrogen (secondary N) is 1.